The predicted octanol–water partition coefficient (Wildman–Crippen LogP) is 1.04. The largest absolute Gasteiger partial charge is 0.495 e. The minimum atomic E-state index is 0.604. The number of piperazine rings is 1. The van der Waals surface area contributed by atoms with Crippen LogP contribution in [0.1, 0.15) is 0 Å². The fourth-order valence-corrected chi connectivity index (χ4v) is 2.20. The average Bonchev–Trinajstić information content (AvgIpc) is 2.39. The van der Waals surface area contributed by atoms with E-state index < -0.39 is 0 Å². The number of likely N-dealkylation sites (N-methyl/N-ethyl adjacent to an activating group) is 1. The molecule has 5 nitrogen and oxygen atoms in total. The Balaban J connectivity index is 2.30. The van der Waals surface area contributed by atoms with Gasteiger partial charge in [-0.05, 0) is 7.05 Å². The van der Waals surface area contributed by atoms with Gasteiger partial charge in [-0.3, -0.25) is 0 Å². The molecule has 0 bridgehead atoms. The van der Waals surface area contributed by atoms with Crippen LogP contribution in [0, 0.1) is 0 Å². The Labute approximate surface area is 108 Å². The maximum atomic E-state index is 5.90. The monoisotopic (exact) mass is 251 g/mol. The molecule has 0 atom stereocenters. The summed E-state index contributed by atoms with van der Waals surface area (Å²) in [6.07, 6.45) is 0. The molecule has 18 heavy (non-hydrogen) atoms. The molecule has 1 aliphatic rings. The van der Waals surface area contributed by atoms with Crippen LogP contribution in [0.25, 0.3) is 0 Å². The summed E-state index contributed by atoms with van der Waals surface area (Å²) >= 11 is 0. The van der Waals surface area contributed by atoms with E-state index in [0.29, 0.717) is 11.4 Å². The summed E-state index contributed by atoms with van der Waals surface area (Å²) in [5, 5.41) is 0. The van der Waals surface area contributed by atoms with Crippen molar-refractivity contribution in [3.05, 3.63) is 12.1 Å². The third kappa shape index (κ3) is 2.46. The Kier molecular flexibility index (Phi) is 3.81. The van der Waals surface area contributed by atoms with Crippen LogP contribution in [0.4, 0.5) is 11.4 Å². The summed E-state index contributed by atoms with van der Waals surface area (Å²) in [6, 6.07) is 3.78. The SMILES string of the molecule is COc1cc(N2CCN(C)CC2)c(OC)cc1N. The number of rotatable bonds is 3. The van der Waals surface area contributed by atoms with Crippen LogP contribution in [0.15, 0.2) is 12.1 Å². The molecule has 100 valence electrons. The third-order valence-corrected chi connectivity index (χ3v) is 3.38. The summed E-state index contributed by atoms with van der Waals surface area (Å²) in [7, 11) is 5.44. The fourth-order valence-electron chi connectivity index (χ4n) is 2.20. The molecule has 1 heterocycles. The average molecular weight is 251 g/mol. The van der Waals surface area contributed by atoms with Crippen molar-refractivity contribution >= 4 is 11.4 Å². The van der Waals surface area contributed by atoms with Crippen molar-refractivity contribution in [1.29, 1.82) is 0 Å². The van der Waals surface area contributed by atoms with E-state index in [9.17, 15) is 0 Å². The molecule has 2 rings (SSSR count). The minimum absolute atomic E-state index is 0.604. The highest BCUT2D eigenvalue weighted by atomic mass is 16.5. The fraction of sp³-hybridized carbons (Fsp3) is 0.538. The maximum Gasteiger partial charge on any atom is 0.144 e. The Hall–Kier alpha value is -1.62. The van der Waals surface area contributed by atoms with E-state index in [-0.39, 0.29) is 0 Å². The summed E-state index contributed by atoms with van der Waals surface area (Å²) < 4.78 is 10.7. The van der Waals surface area contributed by atoms with Gasteiger partial charge in [0.05, 0.1) is 25.6 Å². The van der Waals surface area contributed by atoms with E-state index in [4.69, 9.17) is 15.2 Å². The molecule has 5 heteroatoms. The van der Waals surface area contributed by atoms with Crippen LogP contribution >= 0.6 is 0 Å². The molecule has 0 aromatic heterocycles. The second-order valence-corrected chi connectivity index (χ2v) is 4.56. The molecule has 2 N–H and O–H groups in total. The third-order valence-electron chi connectivity index (χ3n) is 3.38. The highest BCUT2D eigenvalue weighted by molar-refractivity contribution is 5.70. The molecule has 0 radical (unpaired) electrons. The van der Waals surface area contributed by atoms with Gasteiger partial charge in [-0.25, -0.2) is 0 Å². The van der Waals surface area contributed by atoms with Crippen LogP contribution < -0.4 is 20.1 Å². The first kappa shape index (κ1) is 12.8. The number of nitrogen functional groups attached to an aromatic ring is 1. The lowest BCUT2D eigenvalue weighted by atomic mass is 10.2. The van der Waals surface area contributed by atoms with Gasteiger partial charge >= 0.3 is 0 Å². The maximum absolute atomic E-state index is 5.90. The summed E-state index contributed by atoms with van der Waals surface area (Å²) in [6.45, 7) is 4.07. The minimum Gasteiger partial charge on any atom is -0.495 e. The zero-order valence-corrected chi connectivity index (χ0v) is 11.3. The van der Waals surface area contributed by atoms with Crippen LogP contribution in [-0.2, 0) is 0 Å². The first-order valence-corrected chi connectivity index (χ1v) is 6.10. The van der Waals surface area contributed by atoms with Crippen molar-refractivity contribution in [2.24, 2.45) is 0 Å². The molecule has 0 saturated carbocycles. The lowest BCUT2D eigenvalue weighted by Gasteiger charge is -2.35. The molecule has 1 aromatic carbocycles. The molecular weight excluding hydrogens is 230 g/mol. The standard InChI is InChI=1S/C13H21N3O2/c1-15-4-6-16(7-5-15)11-9-12(17-2)10(14)8-13(11)18-3/h8-9H,4-7,14H2,1-3H3. The lowest BCUT2D eigenvalue weighted by Crippen LogP contribution is -2.44. The van der Waals surface area contributed by atoms with Crippen LogP contribution in [-0.4, -0.2) is 52.3 Å². The zero-order chi connectivity index (χ0) is 13.1. The van der Waals surface area contributed by atoms with Gasteiger partial charge in [0.25, 0.3) is 0 Å². The molecule has 0 amide bonds. The van der Waals surface area contributed by atoms with Crippen LogP contribution in [0.2, 0.25) is 0 Å². The normalized spacial score (nSPS) is 16.7. The van der Waals surface area contributed by atoms with Gasteiger partial charge in [0, 0.05) is 38.3 Å². The molecule has 0 aliphatic carbocycles. The van der Waals surface area contributed by atoms with Gasteiger partial charge < -0.3 is 25.0 Å². The Morgan fingerprint density at radius 1 is 1.00 bits per heavy atom. The van der Waals surface area contributed by atoms with Crippen molar-refractivity contribution in [3.8, 4) is 11.5 Å². The summed E-state index contributed by atoms with van der Waals surface area (Å²) in [5.41, 5.74) is 7.55. The predicted molar refractivity (Wildman–Crippen MR) is 73.7 cm³/mol. The summed E-state index contributed by atoms with van der Waals surface area (Å²) in [5.74, 6) is 1.50. The summed E-state index contributed by atoms with van der Waals surface area (Å²) in [4.78, 5) is 4.62. The van der Waals surface area contributed by atoms with E-state index in [1.165, 1.54) is 0 Å². The Morgan fingerprint density at radius 3 is 2.17 bits per heavy atom. The van der Waals surface area contributed by atoms with Crippen molar-refractivity contribution in [1.82, 2.24) is 4.90 Å². The number of anilines is 2. The highest BCUT2D eigenvalue weighted by Gasteiger charge is 2.19. The number of hydrogen-bond acceptors (Lipinski definition) is 5. The van der Waals surface area contributed by atoms with E-state index in [1.807, 2.05) is 12.1 Å². The molecular formula is C13H21N3O2. The van der Waals surface area contributed by atoms with Gasteiger partial charge in [-0.1, -0.05) is 0 Å². The lowest BCUT2D eigenvalue weighted by molar-refractivity contribution is 0.310. The Morgan fingerprint density at radius 2 is 1.61 bits per heavy atom. The van der Waals surface area contributed by atoms with Crippen LogP contribution in [0.3, 0.4) is 0 Å². The van der Waals surface area contributed by atoms with E-state index >= 15 is 0 Å². The van der Waals surface area contributed by atoms with Crippen molar-refractivity contribution in [2.75, 3.05) is 58.1 Å². The molecule has 0 spiro atoms. The van der Waals surface area contributed by atoms with Gasteiger partial charge in [0.1, 0.15) is 11.5 Å². The van der Waals surface area contributed by atoms with Gasteiger partial charge in [-0.2, -0.15) is 0 Å². The highest BCUT2D eigenvalue weighted by Crippen LogP contribution is 2.37. The van der Waals surface area contributed by atoms with Crippen molar-refractivity contribution in [2.45, 2.75) is 0 Å². The molecule has 1 fully saturated rings. The number of methoxy groups -OCH3 is 2. The number of ether oxygens (including phenoxy) is 2. The zero-order valence-electron chi connectivity index (χ0n) is 11.3. The van der Waals surface area contributed by atoms with Crippen molar-refractivity contribution in [3.63, 3.8) is 0 Å². The van der Waals surface area contributed by atoms with Gasteiger partial charge in [0.2, 0.25) is 0 Å². The topological polar surface area (TPSA) is 51.0 Å². The molecule has 1 saturated heterocycles. The smallest absolute Gasteiger partial charge is 0.144 e. The number of nitrogens with two attached hydrogens (primary N) is 1. The second kappa shape index (κ2) is 5.35. The quantitative estimate of drug-likeness (QED) is 0.813. The second-order valence-electron chi connectivity index (χ2n) is 4.56. The first-order valence-electron chi connectivity index (χ1n) is 6.10. The number of benzene rings is 1. The number of nitrogens with zero attached hydrogens (tertiary/aromatic N) is 2. The molecule has 1 aliphatic heterocycles. The molecule has 0 unspecified atom stereocenters. The van der Waals surface area contributed by atoms with E-state index in [2.05, 4.69) is 16.8 Å². The van der Waals surface area contributed by atoms with E-state index in [1.54, 1.807) is 14.2 Å². The van der Waals surface area contributed by atoms with Gasteiger partial charge in [0.15, 0.2) is 0 Å². The van der Waals surface area contributed by atoms with Crippen LogP contribution in [0.5, 0.6) is 11.5 Å². The number of hydrogen-bond donors (Lipinski definition) is 1. The Bertz CT molecular complexity index is 415. The molecule has 1 aromatic rings. The van der Waals surface area contributed by atoms with Crippen molar-refractivity contribution < 1.29 is 9.47 Å². The first-order chi connectivity index (χ1) is 8.65. The van der Waals surface area contributed by atoms with Gasteiger partial charge in [-0.15, -0.1) is 0 Å². The van der Waals surface area contributed by atoms with E-state index in [0.717, 1.165) is 37.6 Å².